The summed E-state index contributed by atoms with van der Waals surface area (Å²) in [6.07, 6.45) is 3.41. The number of hydrogen-bond donors (Lipinski definition) is 4. The number of anilines is 4. The molecule has 0 aromatic heterocycles. The second-order valence-electron chi connectivity index (χ2n) is 11.3. The minimum atomic E-state index is -0.324. The van der Waals surface area contributed by atoms with Gasteiger partial charge in [0.2, 0.25) is 0 Å². The van der Waals surface area contributed by atoms with Crippen LogP contribution in [0.25, 0.3) is 0 Å². The van der Waals surface area contributed by atoms with Crippen LogP contribution in [0.1, 0.15) is 29.5 Å². The molecule has 1 atom stereocenters. The molecule has 9 nitrogen and oxygen atoms in total. The Labute approximate surface area is 256 Å². The van der Waals surface area contributed by atoms with Crippen molar-refractivity contribution >= 4 is 34.8 Å². The number of hydrogen-bond acceptors (Lipinski definition) is 5. The Morgan fingerprint density at radius 3 is 1.70 bits per heavy atom. The minimum Gasteiger partial charge on any atom is -0.493 e. The number of benzene rings is 4. The lowest BCUT2D eigenvalue weighted by atomic mass is 10.0. The van der Waals surface area contributed by atoms with Crippen LogP contribution in [0.15, 0.2) is 91.0 Å². The normalized spacial score (nSPS) is 15.2. The quantitative estimate of drug-likeness (QED) is 0.128. The summed E-state index contributed by atoms with van der Waals surface area (Å²) in [5.74, 6) is 2.25. The van der Waals surface area contributed by atoms with E-state index in [-0.39, 0.29) is 18.2 Å². The molecule has 2 fully saturated rings. The molecule has 1 aliphatic heterocycles. The first-order chi connectivity index (χ1) is 21.4. The molecule has 4 amide bonds. The number of nitrogens with one attached hydrogen (secondary N) is 4. The van der Waals surface area contributed by atoms with Crippen LogP contribution in [0, 0.1) is 12.8 Å². The van der Waals surface area contributed by atoms with E-state index >= 15 is 0 Å². The molecule has 4 N–H and O–H groups in total. The van der Waals surface area contributed by atoms with Crippen LogP contribution < -0.4 is 30.7 Å². The molecule has 44 heavy (non-hydrogen) atoms. The number of urea groups is 2. The maximum absolute atomic E-state index is 12.6. The lowest BCUT2D eigenvalue weighted by Gasteiger charge is -2.12. The van der Waals surface area contributed by atoms with Gasteiger partial charge in [0.15, 0.2) is 0 Å². The number of rotatable bonds is 12. The fourth-order valence-corrected chi connectivity index (χ4v) is 4.62. The van der Waals surface area contributed by atoms with Crippen molar-refractivity contribution in [3.63, 3.8) is 0 Å². The van der Waals surface area contributed by atoms with Gasteiger partial charge in [0, 0.05) is 22.7 Å². The van der Waals surface area contributed by atoms with Gasteiger partial charge in [-0.15, -0.1) is 0 Å². The fraction of sp³-hybridized carbons (Fsp3) is 0.257. The smallest absolute Gasteiger partial charge is 0.323 e. The summed E-state index contributed by atoms with van der Waals surface area (Å²) >= 11 is 0. The van der Waals surface area contributed by atoms with Gasteiger partial charge in [0.25, 0.3) is 0 Å². The van der Waals surface area contributed by atoms with E-state index < -0.39 is 0 Å². The van der Waals surface area contributed by atoms with Gasteiger partial charge >= 0.3 is 12.1 Å². The zero-order chi connectivity index (χ0) is 30.3. The van der Waals surface area contributed by atoms with Gasteiger partial charge in [-0.25, -0.2) is 9.59 Å². The van der Waals surface area contributed by atoms with Gasteiger partial charge in [0.05, 0.1) is 13.2 Å². The van der Waals surface area contributed by atoms with E-state index in [9.17, 15) is 9.59 Å². The molecule has 1 saturated heterocycles. The molecule has 1 saturated carbocycles. The second kappa shape index (κ2) is 13.5. The minimum absolute atomic E-state index is 0.198. The van der Waals surface area contributed by atoms with Crippen molar-refractivity contribution in [3.05, 3.63) is 108 Å². The van der Waals surface area contributed by atoms with E-state index in [1.165, 1.54) is 12.8 Å². The number of ether oxygens (including phenoxy) is 3. The molecule has 2 aliphatic rings. The average molecular weight is 593 g/mol. The fourth-order valence-electron chi connectivity index (χ4n) is 4.62. The average Bonchev–Trinajstić information content (AvgIpc) is 3.95. The highest BCUT2D eigenvalue weighted by atomic mass is 16.6. The summed E-state index contributed by atoms with van der Waals surface area (Å²) in [5.41, 5.74) is 5.99. The maximum Gasteiger partial charge on any atom is 0.323 e. The lowest BCUT2D eigenvalue weighted by molar-refractivity contribution is 0.261. The van der Waals surface area contributed by atoms with E-state index in [0.29, 0.717) is 29.6 Å². The topological polar surface area (TPSA) is 113 Å². The van der Waals surface area contributed by atoms with Crippen LogP contribution >= 0.6 is 0 Å². The molecule has 0 bridgehead atoms. The van der Waals surface area contributed by atoms with Crippen LogP contribution in [0.3, 0.4) is 0 Å². The molecule has 4 aromatic carbocycles. The highest BCUT2D eigenvalue weighted by Gasteiger charge is 2.23. The summed E-state index contributed by atoms with van der Waals surface area (Å²) in [4.78, 5) is 25.1. The number of epoxide rings is 1. The molecule has 9 heteroatoms. The Balaban J connectivity index is 0.947. The zero-order valence-corrected chi connectivity index (χ0v) is 24.6. The second-order valence-corrected chi connectivity index (χ2v) is 11.3. The molecule has 4 aromatic rings. The van der Waals surface area contributed by atoms with Crippen LogP contribution in [-0.4, -0.2) is 38.0 Å². The van der Waals surface area contributed by atoms with Crippen molar-refractivity contribution < 1.29 is 23.8 Å². The third-order valence-electron chi connectivity index (χ3n) is 7.40. The number of carbonyl (C=O) groups is 2. The van der Waals surface area contributed by atoms with Crippen molar-refractivity contribution in [1.82, 2.24) is 0 Å². The Morgan fingerprint density at radius 2 is 1.18 bits per heavy atom. The van der Waals surface area contributed by atoms with Crippen molar-refractivity contribution in [1.29, 1.82) is 0 Å². The predicted molar refractivity (Wildman–Crippen MR) is 172 cm³/mol. The summed E-state index contributed by atoms with van der Waals surface area (Å²) in [6, 6.07) is 27.8. The number of amides is 4. The van der Waals surface area contributed by atoms with Crippen molar-refractivity contribution in [3.8, 4) is 11.5 Å². The summed E-state index contributed by atoms with van der Waals surface area (Å²) in [5, 5.41) is 11.5. The molecular formula is C35H36N4O5. The van der Waals surface area contributed by atoms with E-state index in [4.69, 9.17) is 14.2 Å². The van der Waals surface area contributed by atoms with Gasteiger partial charge in [0.1, 0.15) is 24.2 Å². The highest BCUT2D eigenvalue weighted by molar-refractivity contribution is 6.00. The lowest BCUT2D eigenvalue weighted by Crippen LogP contribution is -2.20. The number of carbonyl (C=O) groups excluding carboxylic acids is 2. The van der Waals surface area contributed by atoms with Crippen LogP contribution in [0.4, 0.5) is 32.3 Å². The van der Waals surface area contributed by atoms with E-state index in [1.807, 2.05) is 79.7 Å². The zero-order valence-electron chi connectivity index (χ0n) is 24.6. The van der Waals surface area contributed by atoms with Gasteiger partial charge in [-0.1, -0.05) is 24.3 Å². The SMILES string of the molecule is Cc1cc(Cc2ccc(NC(=O)Nc3ccc(OCC4CO4)cc3)cc2)ccc1NC(=O)Nc1ccc(OCC2CC2)cc1. The van der Waals surface area contributed by atoms with E-state index in [1.54, 1.807) is 12.1 Å². The Hall–Kier alpha value is -5.02. The predicted octanol–water partition coefficient (Wildman–Crippen LogP) is 7.44. The summed E-state index contributed by atoms with van der Waals surface area (Å²) in [6.45, 7) is 4.02. The Morgan fingerprint density at radius 1 is 0.682 bits per heavy atom. The molecule has 226 valence electrons. The van der Waals surface area contributed by atoms with E-state index in [0.717, 1.165) is 53.5 Å². The summed E-state index contributed by atoms with van der Waals surface area (Å²) in [7, 11) is 0. The maximum atomic E-state index is 12.6. The first-order valence-electron chi connectivity index (χ1n) is 14.9. The molecule has 6 rings (SSSR count). The van der Waals surface area contributed by atoms with Gasteiger partial charge < -0.3 is 35.5 Å². The van der Waals surface area contributed by atoms with Crippen molar-refractivity contribution in [2.24, 2.45) is 5.92 Å². The standard InChI is InChI=1S/C35H36N4O5/c1-23-18-26(6-17-33(23)39-35(41)38-29-9-13-30(14-10-29)42-20-25-2-3-25)19-24-4-7-27(8-5-24)36-34(40)37-28-11-15-31(16-12-28)43-21-32-22-44-32/h4-18,25,32H,2-3,19-22H2,1H3,(H2,36,37,40)(H2,38,39,41). The van der Waals surface area contributed by atoms with E-state index in [2.05, 4.69) is 27.3 Å². The Kier molecular flexibility index (Phi) is 8.93. The molecule has 1 heterocycles. The van der Waals surface area contributed by atoms with Gasteiger partial charge in [-0.2, -0.15) is 0 Å². The largest absolute Gasteiger partial charge is 0.493 e. The third-order valence-corrected chi connectivity index (χ3v) is 7.40. The van der Waals surface area contributed by atoms with Crippen LogP contribution in [-0.2, 0) is 11.2 Å². The monoisotopic (exact) mass is 592 g/mol. The third kappa shape index (κ3) is 8.75. The highest BCUT2D eigenvalue weighted by Crippen LogP contribution is 2.30. The first kappa shape index (κ1) is 29.1. The molecule has 1 unspecified atom stereocenters. The Bertz CT molecular complexity index is 1580. The molecular weight excluding hydrogens is 556 g/mol. The van der Waals surface area contributed by atoms with Gasteiger partial charge in [-0.3, -0.25) is 0 Å². The molecule has 0 spiro atoms. The first-order valence-corrected chi connectivity index (χ1v) is 14.9. The van der Waals surface area contributed by atoms with Crippen molar-refractivity contribution in [2.75, 3.05) is 41.1 Å². The van der Waals surface area contributed by atoms with Crippen LogP contribution in [0.2, 0.25) is 0 Å². The van der Waals surface area contributed by atoms with Crippen molar-refractivity contribution in [2.45, 2.75) is 32.3 Å². The van der Waals surface area contributed by atoms with Gasteiger partial charge in [-0.05, 0) is 116 Å². The molecule has 1 aliphatic carbocycles. The molecule has 0 radical (unpaired) electrons. The summed E-state index contributed by atoms with van der Waals surface area (Å²) < 4.78 is 16.5. The number of aryl methyl sites for hydroxylation is 1. The van der Waals surface area contributed by atoms with Crippen LogP contribution in [0.5, 0.6) is 11.5 Å².